The Labute approximate surface area is 213 Å². The van der Waals surface area contributed by atoms with Gasteiger partial charge in [-0.05, 0) is 36.2 Å². The third kappa shape index (κ3) is 6.51. The summed E-state index contributed by atoms with van der Waals surface area (Å²) in [6, 6.07) is 5.41. The van der Waals surface area contributed by atoms with Crippen molar-refractivity contribution >= 4 is 43.8 Å². The van der Waals surface area contributed by atoms with Crippen molar-refractivity contribution < 1.29 is 47.0 Å². The van der Waals surface area contributed by atoms with Gasteiger partial charge in [0.25, 0.3) is 0 Å². The van der Waals surface area contributed by atoms with Gasteiger partial charge in [0.1, 0.15) is 18.0 Å². The third-order valence-corrected chi connectivity index (χ3v) is 9.11. The van der Waals surface area contributed by atoms with Gasteiger partial charge in [-0.15, -0.1) is 0 Å². The number of aromatic nitrogens is 4. The molecule has 6 atom stereocenters. The molecule has 0 aliphatic carbocycles. The number of anilines is 1. The number of nitrogens with one attached hydrogen (secondary N) is 1. The Morgan fingerprint density at radius 3 is 2.57 bits per heavy atom. The van der Waals surface area contributed by atoms with E-state index in [1.807, 2.05) is 0 Å². The number of rotatable bonds is 9. The van der Waals surface area contributed by atoms with Gasteiger partial charge in [0.05, 0.1) is 19.0 Å². The van der Waals surface area contributed by atoms with Crippen molar-refractivity contribution in [1.82, 2.24) is 19.5 Å². The lowest BCUT2D eigenvalue weighted by molar-refractivity contribution is -0.0425. The topological polar surface area (TPSA) is 189 Å². The van der Waals surface area contributed by atoms with Crippen LogP contribution in [0, 0.1) is 5.82 Å². The maximum absolute atomic E-state index is 15.0. The van der Waals surface area contributed by atoms with E-state index in [4.69, 9.17) is 26.1 Å². The molecule has 1 aromatic carbocycles. The number of ether oxygens (including phenoxy) is 1. The highest BCUT2D eigenvalue weighted by molar-refractivity contribution is 7.70. The van der Waals surface area contributed by atoms with Crippen LogP contribution in [0.15, 0.2) is 30.6 Å². The van der Waals surface area contributed by atoms with Gasteiger partial charge in [0.2, 0.25) is 5.28 Å². The second-order valence-electron chi connectivity index (χ2n) is 8.32. The summed E-state index contributed by atoms with van der Waals surface area (Å²) in [6.07, 6.45) is -5.65. The Balaban J connectivity index is 1.55. The number of fused-ring (bicyclic) bond motifs is 1. The second kappa shape index (κ2) is 10.6. The molecule has 3 heterocycles. The Hall–Kier alpha value is -2.06. The first-order chi connectivity index (χ1) is 17.2. The molecule has 1 aliphatic rings. The van der Waals surface area contributed by atoms with Crippen LogP contribution < -0.4 is 5.32 Å². The van der Waals surface area contributed by atoms with E-state index < -0.39 is 58.1 Å². The summed E-state index contributed by atoms with van der Waals surface area (Å²) < 4.78 is 62.4. The van der Waals surface area contributed by atoms with E-state index in [0.29, 0.717) is 0 Å². The number of aliphatic hydroxyl groups excluding tert-OH is 1. The van der Waals surface area contributed by atoms with E-state index in [-0.39, 0.29) is 28.3 Å². The van der Waals surface area contributed by atoms with Crippen LogP contribution in [0.5, 0.6) is 0 Å². The Bertz CT molecular complexity index is 1380. The molecule has 1 saturated heterocycles. The van der Waals surface area contributed by atoms with Crippen LogP contribution >= 0.6 is 26.8 Å². The summed E-state index contributed by atoms with van der Waals surface area (Å²) in [4.78, 5) is 39.8. The fourth-order valence-corrected chi connectivity index (χ4v) is 6.48. The molecule has 1 unspecified atom stereocenters. The van der Waals surface area contributed by atoms with Crippen LogP contribution in [0.4, 0.5) is 14.6 Å². The molecule has 5 N–H and O–H groups in total. The van der Waals surface area contributed by atoms with E-state index in [0.717, 1.165) is 10.1 Å². The average Bonchev–Trinajstić information content (AvgIpc) is 3.32. The molecular weight excluding hydrogens is 562 g/mol. The van der Waals surface area contributed by atoms with Crippen LogP contribution in [0.1, 0.15) is 24.8 Å². The van der Waals surface area contributed by atoms with Gasteiger partial charge >= 0.3 is 15.2 Å². The third-order valence-electron chi connectivity index (χ3n) is 5.49. The smallest absolute Gasteiger partial charge is 0.340 e. The average molecular weight is 584 g/mol. The molecule has 4 rings (SSSR count). The summed E-state index contributed by atoms with van der Waals surface area (Å²) in [5.41, 5.74) is 0.965. The second-order valence-corrected chi connectivity index (χ2v) is 12.7. The molecule has 0 saturated carbocycles. The molecular formula is C19H22ClF2N5O8P2. The zero-order valence-corrected chi connectivity index (χ0v) is 21.5. The molecule has 3 aromatic rings. The predicted molar refractivity (Wildman–Crippen MR) is 126 cm³/mol. The van der Waals surface area contributed by atoms with Crippen LogP contribution in [-0.2, 0) is 18.4 Å². The zero-order valence-electron chi connectivity index (χ0n) is 18.9. The van der Waals surface area contributed by atoms with E-state index >= 15 is 4.39 Å². The fourth-order valence-electron chi connectivity index (χ4n) is 3.75. The van der Waals surface area contributed by atoms with E-state index in [9.17, 15) is 23.5 Å². The van der Waals surface area contributed by atoms with Crippen LogP contribution in [0.25, 0.3) is 11.2 Å². The lowest BCUT2D eigenvalue weighted by atomic mass is 10.1. The van der Waals surface area contributed by atoms with Crippen molar-refractivity contribution in [1.29, 1.82) is 0 Å². The van der Waals surface area contributed by atoms with Crippen LogP contribution in [-0.4, -0.2) is 70.2 Å². The number of hydrogen-bond acceptors (Lipinski definition) is 9. The Morgan fingerprint density at radius 1 is 1.24 bits per heavy atom. The fraction of sp³-hybridized carbons (Fsp3) is 0.421. The van der Waals surface area contributed by atoms with Crippen molar-refractivity contribution in [3.05, 3.63) is 47.3 Å². The Kier molecular flexibility index (Phi) is 8.01. The van der Waals surface area contributed by atoms with Gasteiger partial charge in [0, 0.05) is 0 Å². The summed E-state index contributed by atoms with van der Waals surface area (Å²) in [5.74, 6) is -1.65. The zero-order chi connectivity index (χ0) is 27.1. The molecule has 1 aliphatic heterocycles. The molecule has 2 aromatic heterocycles. The van der Waals surface area contributed by atoms with Crippen molar-refractivity contribution in [2.75, 3.05) is 17.8 Å². The number of nitrogens with zero attached hydrogens (tertiary/aromatic N) is 4. The van der Waals surface area contributed by atoms with Gasteiger partial charge in [0.15, 0.2) is 35.3 Å². The van der Waals surface area contributed by atoms with Gasteiger partial charge in [-0.3, -0.25) is 13.7 Å². The highest BCUT2D eigenvalue weighted by Gasteiger charge is 2.47. The summed E-state index contributed by atoms with van der Waals surface area (Å²) in [6.45, 7) is 0.966. The molecule has 37 heavy (non-hydrogen) atoms. The molecule has 13 nitrogen and oxygen atoms in total. The number of benzene rings is 1. The van der Waals surface area contributed by atoms with Crippen molar-refractivity contribution in [3.63, 3.8) is 0 Å². The van der Waals surface area contributed by atoms with Crippen LogP contribution in [0.3, 0.4) is 0 Å². The van der Waals surface area contributed by atoms with Crippen molar-refractivity contribution in [3.8, 4) is 0 Å². The SMILES string of the molecule is C[C@@H](Nc1nc(Cl)nc2c1ncn2[C@@H]1O[C@H](COP(=O)(O)CP(=O)(O)O)[C@@H](O)[C@@H]1F)c1ccc(F)cc1. The largest absolute Gasteiger partial charge is 0.387 e. The molecule has 0 amide bonds. The lowest BCUT2D eigenvalue weighted by Crippen LogP contribution is -2.31. The maximum Gasteiger partial charge on any atom is 0.340 e. The summed E-state index contributed by atoms with van der Waals surface area (Å²) in [7, 11) is -9.62. The number of imidazole rings is 1. The first kappa shape index (κ1) is 28.0. The monoisotopic (exact) mass is 583 g/mol. The molecule has 0 radical (unpaired) electrons. The normalized spacial score (nSPS) is 24.8. The summed E-state index contributed by atoms with van der Waals surface area (Å²) in [5, 5.41) is 13.1. The number of aliphatic hydroxyl groups is 1. The highest BCUT2D eigenvalue weighted by atomic mass is 35.5. The molecule has 202 valence electrons. The number of alkyl halides is 1. The molecule has 0 bridgehead atoms. The minimum absolute atomic E-state index is 0.0459. The molecule has 18 heteroatoms. The van der Waals surface area contributed by atoms with Crippen molar-refractivity contribution in [2.24, 2.45) is 0 Å². The van der Waals surface area contributed by atoms with E-state index in [1.165, 1.54) is 18.5 Å². The minimum Gasteiger partial charge on any atom is -0.387 e. The Morgan fingerprint density at radius 2 is 1.92 bits per heavy atom. The molecule has 1 fully saturated rings. The van der Waals surface area contributed by atoms with E-state index in [1.54, 1.807) is 19.1 Å². The van der Waals surface area contributed by atoms with E-state index in [2.05, 4.69) is 24.8 Å². The predicted octanol–water partition coefficient (Wildman–Crippen LogP) is 2.73. The lowest BCUT2D eigenvalue weighted by Gasteiger charge is -2.18. The summed E-state index contributed by atoms with van der Waals surface area (Å²) >= 11 is 6.08. The standard InChI is InChI=1S/C19H22ClF2N5O8P2/c1-9(10-2-4-11(21)5-3-10)24-16-14-17(26-19(20)25-16)27(7-23-14)18-13(22)15(28)12(35-18)6-34-37(32,33)8-36(29,30)31/h2-5,7,9,12-13,15,18,28H,6,8H2,1H3,(H,32,33)(H,24,25,26)(H2,29,30,31)/t9-,12-,13+,15-,18-/m1/s1. The quantitative estimate of drug-likeness (QED) is 0.183. The van der Waals surface area contributed by atoms with Crippen LogP contribution in [0.2, 0.25) is 5.28 Å². The first-order valence-corrected chi connectivity index (χ1v) is 14.6. The van der Waals surface area contributed by atoms with Gasteiger partial charge in [-0.25, -0.2) is 13.8 Å². The number of halogens is 3. The maximum atomic E-state index is 15.0. The highest BCUT2D eigenvalue weighted by Crippen LogP contribution is 2.55. The minimum atomic E-state index is -4.87. The van der Waals surface area contributed by atoms with Gasteiger partial charge in [-0.2, -0.15) is 9.97 Å². The van der Waals surface area contributed by atoms with Gasteiger partial charge in [-0.1, -0.05) is 12.1 Å². The van der Waals surface area contributed by atoms with Crippen molar-refractivity contribution in [2.45, 2.75) is 37.6 Å². The first-order valence-electron chi connectivity index (χ1n) is 10.6. The molecule has 0 spiro atoms. The number of hydrogen-bond donors (Lipinski definition) is 5. The van der Waals surface area contributed by atoms with Gasteiger partial charge < -0.3 is 34.4 Å².